The zero-order valence-corrected chi connectivity index (χ0v) is 18.0. The zero-order valence-electron chi connectivity index (χ0n) is 17.2. The van der Waals surface area contributed by atoms with Crippen molar-refractivity contribution < 1.29 is 13.2 Å². The minimum atomic E-state index is -3.63. The summed E-state index contributed by atoms with van der Waals surface area (Å²) in [5.74, 6) is -0.0392. The van der Waals surface area contributed by atoms with Crippen molar-refractivity contribution in [2.24, 2.45) is 0 Å². The first-order valence-electron chi connectivity index (χ1n) is 9.90. The van der Waals surface area contributed by atoms with Crippen LogP contribution < -0.4 is 4.72 Å². The van der Waals surface area contributed by atoms with E-state index in [4.69, 9.17) is 0 Å². The van der Waals surface area contributed by atoms with Crippen LogP contribution in [-0.4, -0.2) is 53.9 Å². The number of carbonyl (C=O) groups is 1. The van der Waals surface area contributed by atoms with Crippen LogP contribution in [0.1, 0.15) is 51.6 Å². The summed E-state index contributed by atoms with van der Waals surface area (Å²) in [6.07, 6.45) is 5.04. The molecule has 2 aromatic rings. The second kappa shape index (κ2) is 8.62. The fourth-order valence-corrected chi connectivity index (χ4v) is 4.46. The summed E-state index contributed by atoms with van der Waals surface area (Å²) in [4.78, 5) is 16.1. The predicted molar refractivity (Wildman–Crippen MR) is 110 cm³/mol. The van der Waals surface area contributed by atoms with Crippen LogP contribution in [-0.2, 0) is 20.2 Å². The van der Waals surface area contributed by atoms with Crippen molar-refractivity contribution in [1.82, 2.24) is 24.6 Å². The number of nitrogens with one attached hydrogen (secondary N) is 1. The molecule has 0 spiro atoms. The number of benzene rings is 1. The maximum Gasteiger partial charge on any atom is 0.240 e. The monoisotopic (exact) mass is 419 g/mol. The van der Waals surface area contributed by atoms with Crippen molar-refractivity contribution in [3.8, 4) is 0 Å². The summed E-state index contributed by atoms with van der Waals surface area (Å²) >= 11 is 0. The van der Waals surface area contributed by atoms with Gasteiger partial charge < -0.3 is 4.90 Å². The Bertz CT molecular complexity index is 910. The van der Waals surface area contributed by atoms with Gasteiger partial charge in [0.25, 0.3) is 0 Å². The Kier molecular flexibility index (Phi) is 6.38. The number of nitrogens with zero attached hydrogens (tertiary/aromatic N) is 4. The van der Waals surface area contributed by atoms with Gasteiger partial charge in [-0.3, -0.25) is 4.79 Å². The number of piperidine rings is 1. The van der Waals surface area contributed by atoms with E-state index in [0.717, 1.165) is 18.4 Å². The number of amides is 1. The van der Waals surface area contributed by atoms with E-state index in [2.05, 4.69) is 35.7 Å². The molecule has 3 rings (SSSR count). The lowest BCUT2D eigenvalue weighted by Crippen LogP contribution is -2.40. The van der Waals surface area contributed by atoms with Crippen LogP contribution in [0.4, 0.5) is 0 Å². The SMILES string of the molecule is CC(C)(C)c1ccc(S(=O)(=O)NCCC(=O)N2CCC(n3nccn3)CC2)cc1. The van der Waals surface area contributed by atoms with E-state index in [9.17, 15) is 13.2 Å². The number of likely N-dealkylation sites (tertiary alicyclic amines) is 1. The maximum atomic E-state index is 12.5. The van der Waals surface area contributed by atoms with Gasteiger partial charge in [-0.2, -0.15) is 15.0 Å². The molecular formula is C20H29N5O3S. The molecule has 0 bridgehead atoms. The van der Waals surface area contributed by atoms with Crippen LogP contribution in [0, 0.1) is 0 Å². The highest BCUT2D eigenvalue weighted by Gasteiger charge is 2.25. The number of rotatable bonds is 6. The van der Waals surface area contributed by atoms with Gasteiger partial charge in [0, 0.05) is 26.1 Å². The van der Waals surface area contributed by atoms with Crippen LogP contribution in [0.15, 0.2) is 41.6 Å². The van der Waals surface area contributed by atoms with Gasteiger partial charge in [0.05, 0.1) is 23.3 Å². The number of aromatic nitrogens is 3. The van der Waals surface area contributed by atoms with Crippen molar-refractivity contribution in [3.05, 3.63) is 42.2 Å². The second-order valence-electron chi connectivity index (χ2n) is 8.38. The van der Waals surface area contributed by atoms with Gasteiger partial charge in [-0.15, -0.1) is 0 Å². The third-order valence-electron chi connectivity index (χ3n) is 5.24. The average molecular weight is 420 g/mol. The van der Waals surface area contributed by atoms with E-state index < -0.39 is 10.0 Å². The van der Waals surface area contributed by atoms with Crippen LogP contribution in [0.25, 0.3) is 0 Å². The summed E-state index contributed by atoms with van der Waals surface area (Å²) in [6, 6.07) is 7.09. The molecule has 1 fully saturated rings. The van der Waals surface area contributed by atoms with Crippen LogP contribution in [0.2, 0.25) is 0 Å². The summed E-state index contributed by atoms with van der Waals surface area (Å²) in [6.45, 7) is 7.58. The largest absolute Gasteiger partial charge is 0.342 e. The lowest BCUT2D eigenvalue weighted by Gasteiger charge is -2.31. The Hall–Kier alpha value is -2.26. The predicted octanol–water partition coefficient (Wildman–Crippen LogP) is 2.11. The molecule has 0 aliphatic carbocycles. The first kappa shape index (κ1) is 21.4. The fraction of sp³-hybridized carbons (Fsp3) is 0.550. The molecule has 2 heterocycles. The lowest BCUT2D eigenvalue weighted by atomic mass is 9.87. The Morgan fingerprint density at radius 1 is 1.10 bits per heavy atom. The van der Waals surface area contributed by atoms with Crippen molar-refractivity contribution in [3.63, 3.8) is 0 Å². The highest BCUT2D eigenvalue weighted by molar-refractivity contribution is 7.89. The molecule has 0 saturated carbocycles. The summed E-state index contributed by atoms with van der Waals surface area (Å²) in [5, 5.41) is 8.32. The standard InChI is InChI=1S/C20H29N5O3S/c1-20(2,3)16-4-6-18(7-5-16)29(27,28)23-11-8-19(26)24-14-9-17(10-15-24)25-21-12-13-22-25/h4-7,12-13,17,23H,8-11,14-15H2,1-3H3. The Labute approximate surface area is 172 Å². The molecule has 9 heteroatoms. The van der Waals surface area contributed by atoms with Gasteiger partial charge in [-0.05, 0) is 36.0 Å². The molecule has 1 aromatic heterocycles. The van der Waals surface area contributed by atoms with Gasteiger partial charge in [-0.1, -0.05) is 32.9 Å². The minimum Gasteiger partial charge on any atom is -0.342 e. The molecule has 1 aromatic carbocycles. The number of sulfonamides is 1. The quantitative estimate of drug-likeness (QED) is 0.773. The maximum absolute atomic E-state index is 12.5. The Balaban J connectivity index is 1.47. The molecule has 1 N–H and O–H groups in total. The second-order valence-corrected chi connectivity index (χ2v) is 10.2. The van der Waals surface area contributed by atoms with E-state index in [0.29, 0.717) is 13.1 Å². The Morgan fingerprint density at radius 3 is 2.24 bits per heavy atom. The van der Waals surface area contributed by atoms with E-state index in [1.807, 2.05) is 12.1 Å². The van der Waals surface area contributed by atoms with Gasteiger partial charge in [0.2, 0.25) is 15.9 Å². The van der Waals surface area contributed by atoms with Gasteiger partial charge in [0.15, 0.2) is 0 Å². The minimum absolute atomic E-state index is 0.0386. The lowest BCUT2D eigenvalue weighted by molar-refractivity contribution is -0.132. The first-order chi connectivity index (χ1) is 13.7. The van der Waals surface area contributed by atoms with Crippen molar-refractivity contribution in [2.45, 2.75) is 56.4 Å². The van der Waals surface area contributed by atoms with Crippen LogP contribution in [0.5, 0.6) is 0 Å². The molecular weight excluding hydrogens is 390 g/mol. The summed E-state index contributed by atoms with van der Waals surface area (Å²) in [7, 11) is -3.63. The molecule has 1 amide bonds. The number of hydrogen-bond acceptors (Lipinski definition) is 5. The topological polar surface area (TPSA) is 97.2 Å². The van der Waals surface area contributed by atoms with E-state index in [-0.39, 0.29) is 35.2 Å². The first-order valence-corrected chi connectivity index (χ1v) is 11.4. The van der Waals surface area contributed by atoms with Gasteiger partial charge in [0.1, 0.15) is 0 Å². The van der Waals surface area contributed by atoms with Crippen LogP contribution in [0.3, 0.4) is 0 Å². The van der Waals surface area contributed by atoms with Gasteiger partial charge in [-0.25, -0.2) is 13.1 Å². The van der Waals surface area contributed by atoms with Crippen molar-refractivity contribution in [2.75, 3.05) is 19.6 Å². The van der Waals surface area contributed by atoms with E-state index in [1.165, 1.54) is 0 Å². The zero-order chi connectivity index (χ0) is 21.1. The highest BCUT2D eigenvalue weighted by Crippen LogP contribution is 2.23. The molecule has 0 radical (unpaired) electrons. The van der Waals surface area contributed by atoms with Gasteiger partial charge >= 0.3 is 0 Å². The fourth-order valence-electron chi connectivity index (χ4n) is 3.43. The molecule has 0 atom stereocenters. The molecule has 1 saturated heterocycles. The molecule has 1 aliphatic rings. The van der Waals surface area contributed by atoms with E-state index >= 15 is 0 Å². The number of hydrogen-bond donors (Lipinski definition) is 1. The van der Waals surface area contributed by atoms with Crippen LogP contribution >= 0.6 is 0 Å². The average Bonchev–Trinajstić information content (AvgIpc) is 3.22. The third-order valence-corrected chi connectivity index (χ3v) is 6.72. The van der Waals surface area contributed by atoms with Crippen molar-refractivity contribution in [1.29, 1.82) is 0 Å². The summed E-state index contributed by atoms with van der Waals surface area (Å²) < 4.78 is 27.5. The number of carbonyl (C=O) groups excluding carboxylic acids is 1. The van der Waals surface area contributed by atoms with E-state index in [1.54, 1.807) is 34.2 Å². The highest BCUT2D eigenvalue weighted by atomic mass is 32.2. The third kappa shape index (κ3) is 5.42. The smallest absolute Gasteiger partial charge is 0.240 e. The Morgan fingerprint density at radius 2 is 1.69 bits per heavy atom. The molecule has 8 nitrogen and oxygen atoms in total. The summed E-state index contributed by atoms with van der Waals surface area (Å²) in [5.41, 5.74) is 1.03. The molecule has 1 aliphatic heterocycles. The van der Waals surface area contributed by atoms with Crippen molar-refractivity contribution >= 4 is 15.9 Å². The normalized spacial score (nSPS) is 16.2. The molecule has 158 valence electrons. The molecule has 29 heavy (non-hydrogen) atoms. The molecule has 0 unspecified atom stereocenters.